The maximum Gasteiger partial charge on any atom is 0.412 e. The van der Waals surface area contributed by atoms with Gasteiger partial charge in [-0.1, -0.05) is 72.8 Å². The van der Waals surface area contributed by atoms with Gasteiger partial charge in [0.05, 0.1) is 0 Å². The van der Waals surface area contributed by atoms with Gasteiger partial charge in [-0.05, 0) is 71.5 Å². The number of nitrogens with one attached hydrogen (secondary N) is 2. The molecule has 0 saturated heterocycles. The lowest BCUT2D eigenvalue weighted by Crippen LogP contribution is -2.42. The summed E-state index contributed by atoms with van der Waals surface area (Å²) in [6, 6.07) is 25.8. The smallest absolute Gasteiger partial charge is 0.412 e. The number of amides is 2. The molecule has 0 aliphatic heterocycles. The van der Waals surface area contributed by atoms with Gasteiger partial charge in [0.15, 0.2) is 0 Å². The van der Waals surface area contributed by atoms with E-state index in [1.165, 1.54) is 0 Å². The number of hydrogen-bond acceptors (Lipinski definition) is 5. The Hall–Kier alpha value is -4.85. The minimum atomic E-state index is -1.17. The van der Waals surface area contributed by atoms with Crippen molar-refractivity contribution in [2.45, 2.75) is 44.8 Å². The van der Waals surface area contributed by atoms with Crippen LogP contribution in [-0.4, -0.2) is 41.5 Å². The molecular weight excluding hydrogens is 520 g/mol. The van der Waals surface area contributed by atoms with E-state index in [2.05, 4.69) is 22.8 Å². The fourth-order valence-electron chi connectivity index (χ4n) is 5.14. The van der Waals surface area contributed by atoms with Crippen molar-refractivity contribution in [2.75, 3.05) is 11.9 Å². The van der Waals surface area contributed by atoms with Gasteiger partial charge in [-0.3, -0.25) is 5.32 Å². The lowest BCUT2D eigenvalue weighted by Gasteiger charge is -2.19. The number of fused-ring (bicyclic) bond motifs is 4. The van der Waals surface area contributed by atoms with E-state index < -0.39 is 29.8 Å². The topological polar surface area (TPSA) is 114 Å². The van der Waals surface area contributed by atoms with Crippen LogP contribution in [0.2, 0.25) is 0 Å². The summed E-state index contributed by atoms with van der Waals surface area (Å²) in [6.45, 7) is 5.48. The fourth-order valence-corrected chi connectivity index (χ4v) is 5.14. The molecule has 8 nitrogen and oxygen atoms in total. The van der Waals surface area contributed by atoms with Crippen LogP contribution in [0.1, 0.15) is 43.4 Å². The number of rotatable bonds is 7. The SMILES string of the molecule is CC(C)(C)OC(=O)Nc1ccc2cc(C[C@H](NC(=O)OCC3c4ccccc4-c4ccccc43)C(=O)O)ccc2c1. The number of carboxylic acids is 1. The summed E-state index contributed by atoms with van der Waals surface area (Å²) in [7, 11) is 0. The normalized spacial score (nSPS) is 13.1. The predicted molar refractivity (Wildman–Crippen MR) is 157 cm³/mol. The molecule has 0 aromatic heterocycles. The van der Waals surface area contributed by atoms with Crippen molar-refractivity contribution >= 4 is 34.6 Å². The highest BCUT2D eigenvalue weighted by Gasteiger charge is 2.30. The van der Waals surface area contributed by atoms with E-state index in [-0.39, 0.29) is 18.9 Å². The first-order chi connectivity index (χ1) is 19.6. The van der Waals surface area contributed by atoms with E-state index in [0.29, 0.717) is 5.69 Å². The number of ether oxygens (including phenoxy) is 2. The second kappa shape index (κ2) is 11.3. The summed E-state index contributed by atoms with van der Waals surface area (Å²) in [5.74, 6) is -1.28. The molecule has 4 aromatic carbocycles. The van der Waals surface area contributed by atoms with Gasteiger partial charge in [0.25, 0.3) is 0 Å². The van der Waals surface area contributed by atoms with Gasteiger partial charge >= 0.3 is 18.2 Å². The van der Waals surface area contributed by atoms with E-state index in [1.54, 1.807) is 32.9 Å². The number of aliphatic carboxylic acids is 1. The molecule has 0 fully saturated rings. The molecule has 2 amide bonds. The molecular formula is C33H32N2O6. The van der Waals surface area contributed by atoms with Gasteiger partial charge < -0.3 is 19.9 Å². The number of carbonyl (C=O) groups is 3. The molecule has 8 heteroatoms. The third kappa shape index (κ3) is 6.49. The number of hydrogen-bond donors (Lipinski definition) is 3. The van der Waals surface area contributed by atoms with Crippen LogP contribution in [-0.2, 0) is 20.7 Å². The predicted octanol–water partition coefficient (Wildman–Crippen LogP) is 6.72. The maximum absolute atomic E-state index is 12.7. The molecule has 0 spiro atoms. The Morgan fingerprint density at radius 1 is 0.829 bits per heavy atom. The number of carboxylic acid groups (broad SMARTS) is 1. The Labute approximate surface area is 238 Å². The third-order valence-electron chi connectivity index (χ3n) is 6.92. The first-order valence-corrected chi connectivity index (χ1v) is 13.4. The van der Waals surface area contributed by atoms with Crippen molar-refractivity contribution < 1.29 is 29.0 Å². The highest BCUT2D eigenvalue weighted by Crippen LogP contribution is 2.44. The van der Waals surface area contributed by atoms with Crippen molar-refractivity contribution in [3.05, 3.63) is 102 Å². The monoisotopic (exact) mass is 552 g/mol. The van der Waals surface area contributed by atoms with Gasteiger partial charge in [0, 0.05) is 18.0 Å². The van der Waals surface area contributed by atoms with E-state index in [4.69, 9.17) is 9.47 Å². The largest absolute Gasteiger partial charge is 0.480 e. The molecule has 4 aromatic rings. The second-order valence-corrected chi connectivity index (χ2v) is 11.1. The van der Waals surface area contributed by atoms with Crippen LogP contribution in [0.3, 0.4) is 0 Å². The molecule has 0 heterocycles. The average Bonchev–Trinajstić information content (AvgIpc) is 3.24. The minimum absolute atomic E-state index is 0.0768. The molecule has 1 atom stereocenters. The fraction of sp³-hybridized carbons (Fsp3) is 0.242. The van der Waals surface area contributed by atoms with E-state index in [0.717, 1.165) is 38.6 Å². The van der Waals surface area contributed by atoms with Crippen LogP contribution < -0.4 is 10.6 Å². The molecule has 41 heavy (non-hydrogen) atoms. The minimum Gasteiger partial charge on any atom is -0.480 e. The molecule has 1 aliphatic rings. The van der Waals surface area contributed by atoms with Gasteiger partial charge in [0.1, 0.15) is 18.2 Å². The Morgan fingerprint density at radius 2 is 1.44 bits per heavy atom. The Kier molecular flexibility index (Phi) is 7.66. The lowest BCUT2D eigenvalue weighted by atomic mass is 9.98. The Morgan fingerprint density at radius 3 is 2.07 bits per heavy atom. The molecule has 210 valence electrons. The number of alkyl carbamates (subject to hydrolysis) is 1. The molecule has 1 aliphatic carbocycles. The zero-order valence-corrected chi connectivity index (χ0v) is 23.1. The standard InChI is InChI=1S/C33H32N2O6/c1-33(2,3)41-32(39)34-23-15-14-21-16-20(12-13-22(21)18-23)17-29(30(36)37)35-31(38)40-19-28-26-10-6-4-8-24(26)25-9-5-7-11-27(25)28/h4-16,18,28-29H,17,19H2,1-3H3,(H,34,39)(H,35,38)(H,36,37)/t29-/m0/s1. The van der Waals surface area contributed by atoms with Gasteiger partial charge in [0.2, 0.25) is 0 Å². The van der Waals surface area contributed by atoms with Gasteiger partial charge in [-0.25, -0.2) is 14.4 Å². The van der Waals surface area contributed by atoms with Crippen LogP contribution in [0.4, 0.5) is 15.3 Å². The lowest BCUT2D eigenvalue weighted by molar-refractivity contribution is -0.139. The zero-order valence-electron chi connectivity index (χ0n) is 23.1. The van der Waals surface area contributed by atoms with Crippen molar-refractivity contribution in [1.82, 2.24) is 5.32 Å². The Balaban J connectivity index is 1.22. The first kappa shape index (κ1) is 27.7. The van der Waals surface area contributed by atoms with E-state index in [9.17, 15) is 19.5 Å². The van der Waals surface area contributed by atoms with Crippen LogP contribution in [0.15, 0.2) is 84.9 Å². The summed E-state index contributed by atoms with van der Waals surface area (Å²) in [4.78, 5) is 36.8. The second-order valence-electron chi connectivity index (χ2n) is 11.1. The van der Waals surface area contributed by atoms with Crippen LogP contribution >= 0.6 is 0 Å². The van der Waals surface area contributed by atoms with Gasteiger partial charge in [-0.2, -0.15) is 0 Å². The quantitative estimate of drug-likeness (QED) is 0.235. The highest BCUT2D eigenvalue weighted by atomic mass is 16.6. The summed E-state index contributed by atoms with van der Waals surface area (Å²) in [5.41, 5.74) is 5.10. The van der Waals surface area contributed by atoms with E-state index in [1.807, 2.05) is 60.7 Å². The number of benzene rings is 4. The van der Waals surface area contributed by atoms with Crippen molar-refractivity contribution in [2.24, 2.45) is 0 Å². The van der Waals surface area contributed by atoms with Crippen molar-refractivity contribution in [1.29, 1.82) is 0 Å². The molecule has 3 N–H and O–H groups in total. The summed E-state index contributed by atoms with van der Waals surface area (Å²) in [6.07, 6.45) is -1.25. The zero-order chi connectivity index (χ0) is 29.1. The van der Waals surface area contributed by atoms with Crippen LogP contribution in [0, 0.1) is 0 Å². The molecule has 5 rings (SSSR count). The number of anilines is 1. The molecule has 0 unspecified atom stereocenters. The highest BCUT2D eigenvalue weighted by molar-refractivity contribution is 5.92. The van der Waals surface area contributed by atoms with Crippen LogP contribution in [0.5, 0.6) is 0 Å². The summed E-state index contributed by atoms with van der Waals surface area (Å²) in [5, 5.41) is 16.8. The van der Waals surface area contributed by atoms with E-state index >= 15 is 0 Å². The molecule has 0 saturated carbocycles. The molecule has 0 bridgehead atoms. The summed E-state index contributed by atoms with van der Waals surface area (Å²) >= 11 is 0. The third-order valence-corrected chi connectivity index (χ3v) is 6.92. The van der Waals surface area contributed by atoms with Gasteiger partial charge in [-0.15, -0.1) is 0 Å². The number of carbonyl (C=O) groups excluding carboxylic acids is 2. The van der Waals surface area contributed by atoms with Crippen LogP contribution in [0.25, 0.3) is 21.9 Å². The van der Waals surface area contributed by atoms with Crippen molar-refractivity contribution in [3.8, 4) is 11.1 Å². The van der Waals surface area contributed by atoms with Crippen molar-refractivity contribution in [3.63, 3.8) is 0 Å². The average molecular weight is 553 g/mol. The maximum atomic E-state index is 12.7. The molecule has 0 radical (unpaired) electrons. The first-order valence-electron chi connectivity index (χ1n) is 13.4. The summed E-state index contributed by atoms with van der Waals surface area (Å²) < 4.78 is 10.8. The Bertz CT molecular complexity index is 1580.